The number of carbonyl (C=O) groups is 1. The number of hydrogen-bond acceptors (Lipinski definition) is 4. The Labute approximate surface area is 124 Å². The molecule has 0 spiro atoms. The van der Waals surface area contributed by atoms with E-state index in [1.165, 1.54) is 39.0 Å². The number of phenolic OH excluding ortho intramolecular Hbond substituents is 1. The fourth-order valence-corrected chi connectivity index (χ4v) is 3.41. The third kappa shape index (κ3) is 2.86. The molecule has 112 valence electrons. The van der Waals surface area contributed by atoms with Gasteiger partial charge < -0.3 is 9.84 Å². The van der Waals surface area contributed by atoms with Crippen LogP contribution < -0.4 is 10.2 Å². The third-order valence-electron chi connectivity index (χ3n) is 4.55. The molecule has 2 aliphatic rings. The van der Waals surface area contributed by atoms with E-state index in [-0.39, 0.29) is 17.6 Å². The Kier molecular flexibility index (Phi) is 3.82. The fourth-order valence-electron chi connectivity index (χ4n) is 3.41. The van der Waals surface area contributed by atoms with Crippen LogP contribution in [0.1, 0.15) is 31.2 Å². The van der Waals surface area contributed by atoms with E-state index in [1.54, 1.807) is 18.2 Å². The fraction of sp³-hybridized carbons (Fsp3) is 0.500. The van der Waals surface area contributed by atoms with Crippen molar-refractivity contribution in [2.75, 3.05) is 7.11 Å². The molecule has 0 aromatic heterocycles. The summed E-state index contributed by atoms with van der Waals surface area (Å²) in [7, 11) is 1.50. The molecule has 0 bridgehead atoms. The summed E-state index contributed by atoms with van der Waals surface area (Å²) in [4.78, 5) is 12.0. The van der Waals surface area contributed by atoms with Gasteiger partial charge in [0.1, 0.15) is 0 Å². The number of nitrogens with zero attached hydrogens (tertiary/aromatic N) is 1. The SMILES string of the molecule is COc1ccc(/C=N\NC(=O)C2[C@H]3CCCC[C@H]23)cc1O. The molecule has 2 fully saturated rings. The maximum atomic E-state index is 12.0. The highest BCUT2D eigenvalue weighted by Crippen LogP contribution is 2.55. The Morgan fingerprint density at radius 1 is 1.38 bits per heavy atom. The van der Waals surface area contributed by atoms with Gasteiger partial charge in [0.05, 0.1) is 13.3 Å². The Bertz CT molecular complexity index is 559. The molecule has 2 saturated carbocycles. The van der Waals surface area contributed by atoms with Crippen molar-refractivity contribution in [3.8, 4) is 11.5 Å². The summed E-state index contributed by atoms with van der Waals surface area (Å²) < 4.78 is 4.97. The molecule has 2 atom stereocenters. The molecular weight excluding hydrogens is 268 g/mol. The lowest BCUT2D eigenvalue weighted by Gasteiger charge is -2.04. The van der Waals surface area contributed by atoms with Crippen LogP contribution in [0, 0.1) is 17.8 Å². The molecule has 0 aliphatic heterocycles. The maximum absolute atomic E-state index is 12.0. The van der Waals surface area contributed by atoms with Crippen molar-refractivity contribution < 1.29 is 14.6 Å². The predicted octanol–water partition coefficient (Wildman–Crippen LogP) is 2.29. The summed E-state index contributed by atoms with van der Waals surface area (Å²) in [5, 5.41) is 13.6. The number of hydrogen-bond donors (Lipinski definition) is 2. The molecule has 2 aliphatic carbocycles. The zero-order valence-electron chi connectivity index (χ0n) is 12.1. The largest absolute Gasteiger partial charge is 0.504 e. The average molecular weight is 288 g/mol. The molecule has 1 amide bonds. The number of rotatable bonds is 4. The number of amides is 1. The normalized spacial score (nSPS) is 27.2. The van der Waals surface area contributed by atoms with Crippen LogP contribution in [-0.4, -0.2) is 24.3 Å². The van der Waals surface area contributed by atoms with Crippen molar-refractivity contribution in [3.63, 3.8) is 0 Å². The average Bonchev–Trinajstić information content (AvgIpc) is 3.22. The number of nitrogens with one attached hydrogen (secondary N) is 1. The Hall–Kier alpha value is -2.04. The quantitative estimate of drug-likeness (QED) is 0.659. The number of ether oxygens (including phenoxy) is 1. The third-order valence-corrected chi connectivity index (χ3v) is 4.55. The molecule has 0 saturated heterocycles. The maximum Gasteiger partial charge on any atom is 0.243 e. The second-order valence-corrected chi connectivity index (χ2v) is 5.80. The molecule has 1 aromatic rings. The number of aromatic hydroxyl groups is 1. The predicted molar refractivity (Wildman–Crippen MR) is 79.3 cm³/mol. The van der Waals surface area contributed by atoms with Crippen molar-refractivity contribution >= 4 is 12.1 Å². The smallest absolute Gasteiger partial charge is 0.243 e. The Morgan fingerprint density at radius 3 is 2.71 bits per heavy atom. The molecule has 0 heterocycles. The lowest BCUT2D eigenvalue weighted by atomic mass is 10.0. The molecule has 0 radical (unpaired) electrons. The summed E-state index contributed by atoms with van der Waals surface area (Å²) in [6.45, 7) is 0. The first-order chi connectivity index (χ1) is 10.2. The van der Waals surface area contributed by atoms with Crippen LogP contribution in [0.3, 0.4) is 0 Å². The molecule has 5 nitrogen and oxygen atoms in total. The summed E-state index contributed by atoms with van der Waals surface area (Å²) >= 11 is 0. The zero-order valence-corrected chi connectivity index (χ0v) is 12.1. The number of methoxy groups -OCH3 is 1. The number of phenols is 1. The van der Waals surface area contributed by atoms with E-state index >= 15 is 0 Å². The van der Waals surface area contributed by atoms with Gasteiger partial charge in [0, 0.05) is 5.92 Å². The van der Waals surface area contributed by atoms with Crippen LogP contribution in [0.5, 0.6) is 11.5 Å². The van der Waals surface area contributed by atoms with Crippen LogP contribution in [-0.2, 0) is 4.79 Å². The van der Waals surface area contributed by atoms with Gasteiger partial charge in [-0.2, -0.15) is 5.10 Å². The highest BCUT2D eigenvalue weighted by molar-refractivity contribution is 5.85. The van der Waals surface area contributed by atoms with E-state index < -0.39 is 0 Å². The summed E-state index contributed by atoms with van der Waals surface area (Å²) in [6, 6.07) is 4.98. The van der Waals surface area contributed by atoms with Crippen LogP contribution in [0.25, 0.3) is 0 Å². The number of hydrazone groups is 1. The summed E-state index contributed by atoms with van der Waals surface area (Å²) in [5.41, 5.74) is 3.33. The molecule has 2 N–H and O–H groups in total. The first kappa shape index (κ1) is 13.9. The van der Waals surface area contributed by atoms with Crippen LogP contribution >= 0.6 is 0 Å². The van der Waals surface area contributed by atoms with Gasteiger partial charge >= 0.3 is 0 Å². The lowest BCUT2D eigenvalue weighted by Crippen LogP contribution is -2.20. The lowest BCUT2D eigenvalue weighted by molar-refractivity contribution is -0.122. The van der Waals surface area contributed by atoms with Gasteiger partial charge in [-0.15, -0.1) is 0 Å². The van der Waals surface area contributed by atoms with Crippen molar-refractivity contribution in [2.45, 2.75) is 25.7 Å². The van der Waals surface area contributed by atoms with Gasteiger partial charge in [-0.05, 0) is 48.4 Å². The standard InChI is InChI=1S/C16H20N2O3/c1-21-14-7-6-10(8-13(14)19)9-17-18-16(20)15-11-4-2-3-5-12(11)15/h6-9,11-12,15,19H,2-5H2,1H3,(H,18,20)/b17-9-/t11-,12-/m0/s1. The summed E-state index contributed by atoms with van der Waals surface area (Å²) in [6.07, 6.45) is 6.39. The van der Waals surface area contributed by atoms with E-state index in [2.05, 4.69) is 10.5 Å². The zero-order chi connectivity index (χ0) is 14.8. The number of fused-ring (bicyclic) bond motifs is 1. The van der Waals surface area contributed by atoms with Gasteiger partial charge in [-0.25, -0.2) is 5.43 Å². The van der Waals surface area contributed by atoms with Crippen LogP contribution in [0.4, 0.5) is 0 Å². The summed E-state index contributed by atoms with van der Waals surface area (Å²) in [5.74, 6) is 1.83. The minimum atomic E-state index is 0.0286. The van der Waals surface area contributed by atoms with E-state index in [4.69, 9.17) is 4.74 Å². The van der Waals surface area contributed by atoms with Crippen molar-refractivity contribution in [2.24, 2.45) is 22.9 Å². The molecule has 21 heavy (non-hydrogen) atoms. The second-order valence-electron chi connectivity index (χ2n) is 5.80. The Morgan fingerprint density at radius 2 is 2.10 bits per heavy atom. The van der Waals surface area contributed by atoms with Gasteiger partial charge in [0.25, 0.3) is 0 Å². The topological polar surface area (TPSA) is 70.9 Å². The van der Waals surface area contributed by atoms with Crippen LogP contribution in [0.2, 0.25) is 0 Å². The molecular formula is C16H20N2O3. The van der Waals surface area contributed by atoms with Crippen molar-refractivity contribution in [3.05, 3.63) is 23.8 Å². The number of benzene rings is 1. The second kappa shape index (κ2) is 5.76. The Balaban J connectivity index is 1.55. The molecule has 0 unspecified atom stereocenters. The van der Waals surface area contributed by atoms with Crippen molar-refractivity contribution in [1.82, 2.24) is 5.43 Å². The van der Waals surface area contributed by atoms with Gasteiger partial charge in [-0.3, -0.25) is 4.79 Å². The van der Waals surface area contributed by atoms with Gasteiger partial charge in [0.2, 0.25) is 5.91 Å². The first-order valence-corrected chi connectivity index (χ1v) is 7.40. The van der Waals surface area contributed by atoms with E-state index in [1.807, 2.05) is 0 Å². The minimum Gasteiger partial charge on any atom is -0.504 e. The first-order valence-electron chi connectivity index (χ1n) is 7.40. The van der Waals surface area contributed by atoms with E-state index in [0.717, 1.165) is 0 Å². The molecule has 1 aromatic carbocycles. The highest BCUT2D eigenvalue weighted by atomic mass is 16.5. The molecule has 3 rings (SSSR count). The van der Waals surface area contributed by atoms with Gasteiger partial charge in [0.15, 0.2) is 11.5 Å². The molecule has 5 heteroatoms. The van der Waals surface area contributed by atoms with E-state index in [9.17, 15) is 9.90 Å². The minimum absolute atomic E-state index is 0.0286. The van der Waals surface area contributed by atoms with Crippen LogP contribution in [0.15, 0.2) is 23.3 Å². The van der Waals surface area contributed by atoms with E-state index in [0.29, 0.717) is 23.1 Å². The highest BCUT2D eigenvalue weighted by Gasteiger charge is 2.54. The van der Waals surface area contributed by atoms with Gasteiger partial charge in [-0.1, -0.05) is 12.8 Å². The number of carbonyl (C=O) groups excluding carboxylic acids is 1. The monoisotopic (exact) mass is 288 g/mol. The van der Waals surface area contributed by atoms with Crippen molar-refractivity contribution in [1.29, 1.82) is 0 Å².